The van der Waals surface area contributed by atoms with Crippen LogP contribution in [0.2, 0.25) is 0 Å². The maximum atomic E-state index is 12.1. The number of carbonyl (C=O) groups excluding carboxylic acids is 2. The largest absolute Gasteiger partial charge is 0.505 e. The number of Topliss-reactive ketones (excluding diaryl/α,β-unsaturated/α-hetero) is 1. The van der Waals surface area contributed by atoms with Crippen LogP contribution in [0, 0.1) is 5.92 Å². The number of aromatic hydroxyl groups is 1. The highest BCUT2D eigenvalue weighted by Crippen LogP contribution is 2.32. The second-order valence-corrected chi connectivity index (χ2v) is 6.66. The van der Waals surface area contributed by atoms with E-state index < -0.39 is 0 Å². The Morgan fingerprint density at radius 2 is 1.92 bits per heavy atom. The van der Waals surface area contributed by atoms with Crippen LogP contribution in [0.1, 0.15) is 37.6 Å². The summed E-state index contributed by atoms with van der Waals surface area (Å²) in [6.07, 6.45) is 0.358. The Labute approximate surface area is 142 Å². The molecule has 2 rings (SSSR count). The number of nitrogens with zero attached hydrogens (tertiary/aromatic N) is 1. The molecule has 0 aromatic heterocycles. The highest BCUT2D eigenvalue weighted by molar-refractivity contribution is 6.07. The summed E-state index contributed by atoms with van der Waals surface area (Å²) < 4.78 is 0. The van der Waals surface area contributed by atoms with Crippen LogP contribution in [0.3, 0.4) is 0 Å². The standard InChI is InChI=1S/C18H25N3O3/c1-10(2)11(3)19-14-9-15(22)16(14)20-13-8-6-7-12(17(13)23)18(24)21(4)5/h6-8,10-11,19-20,23H,9H2,1-5H3. The molecule has 0 radical (unpaired) electrons. The number of hydrogen-bond acceptors (Lipinski definition) is 5. The summed E-state index contributed by atoms with van der Waals surface area (Å²) in [6, 6.07) is 5.11. The summed E-state index contributed by atoms with van der Waals surface area (Å²) in [5.74, 6) is -0.0300. The lowest BCUT2D eigenvalue weighted by Crippen LogP contribution is -2.39. The van der Waals surface area contributed by atoms with Gasteiger partial charge in [0.05, 0.1) is 17.7 Å². The van der Waals surface area contributed by atoms with E-state index >= 15 is 0 Å². The molecule has 1 unspecified atom stereocenters. The first-order valence-corrected chi connectivity index (χ1v) is 8.06. The van der Waals surface area contributed by atoms with Crippen molar-refractivity contribution >= 4 is 17.4 Å². The summed E-state index contributed by atoms with van der Waals surface area (Å²) in [5, 5.41) is 16.7. The van der Waals surface area contributed by atoms with E-state index in [2.05, 4.69) is 31.4 Å². The van der Waals surface area contributed by atoms with E-state index in [1.165, 1.54) is 4.90 Å². The number of phenols is 1. The summed E-state index contributed by atoms with van der Waals surface area (Å²) >= 11 is 0. The van der Waals surface area contributed by atoms with Gasteiger partial charge in [-0.05, 0) is 25.0 Å². The van der Waals surface area contributed by atoms with Gasteiger partial charge in [-0.3, -0.25) is 9.59 Å². The van der Waals surface area contributed by atoms with Crippen molar-refractivity contribution in [3.8, 4) is 5.75 Å². The molecule has 1 aromatic carbocycles. The lowest BCUT2D eigenvalue weighted by atomic mass is 9.96. The van der Waals surface area contributed by atoms with Crippen molar-refractivity contribution in [1.82, 2.24) is 10.2 Å². The zero-order chi connectivity index (χ0) is 18.0. The molecular weight excluding hydrogens is 306 g/mol. The molecule has 0 spiro atoms. The predicted octanol–water partition coefficient (Wildman–Crippen LogP) is 2.32. The summed E-state index contributed by atoms with van der Waals surface area (Å²) in [6.45, 7) is 6.27. The van der Waals surface area contributed by atoms with Crippen LogP contribution >= 0.6 is 0 Å². The fraction of sp³-hybridized carbons (Fsp3) is 0.444. The number of ketones is 1. The Bertz CT molecular complexity index is 693. The number of anilines is 1. The molecule has 1 aliphatic carbocycles. The average Bonchev–Trinajstić information content (AvgIpc) is 2.52. The Kier molecular flexibility index (Phi) is 5.17. The van der Waals surface area contributed by atoms with Crippen LogP contribution in [0.15, 0.2) is 29.6 Å². The zero-order valence-corrected chi connectivity index (χ0v) is 14.8. The lowest BCUT2D eigenvalue weighted by molar-refractivity contribution is -0.116. The van der Waals surface area contributed by atoms with Crippen LogP contribution in [0.4, 0.5) is 5.69 Å². The molecule has 130 valence electrons. The van der Waals surface area contributed by atoms with E-state index in [1.807, 2.05) is 0 Å². The van der Waals surface area contributed by atoms with Crippen molar-refractivity contribution in [2.45, 2.75) is 33.2 Å². The highest BCUT2D eigenvalue weighted by atomic mass is 16.3. The maximum Gasteiger partial charge on any atom is 0.257 e. The molecule has 24 heavy (non-hydrogen) atoms. The van der Waals surface area contributed by atoms with E-state index in [0.717, 1.165) is 5.70 Å². The third kappa shape index (κ3) is 3.53. The fourth-order valence-electron chi connectivity index (χ4n) is 2.30. The predicted molar refractivity (Wildman–Crippen MR) is 93.8 cm³/mol. The van der Waals surface area contributed by atoms with E-state index in [4.69, 9.17) is 0 Å². The Hall–Kier alpha value is -2.50. The Morgan fingerprint density at radius 3 is 2.46 bits per heavy atom. The van der Waals surface area contributed by atoms with E-state index in [0.29, 0.717) is 23.7 Å². The first-order chi connectivity index (χ1) is 11.2. The van der Waals surface area contributed by atoms with Gasteiger partial charge in [-0.15, -0.1) is 0 Å². The van der Waals surface area contributed by atoms with Crippen LogP contribution in [-0.2, 0) is 4.79 Å². The number of phenolic OH excluding ortho intramolecular Hbond substituents is 1. The average molecular weight is 331 g/mol. The first-order valence-electron chi connectivity index (χ1n) is 8.06. The third-order valence-electron chi connectivity index (χ3n) is 4.25. The van der Waals surface area contributed by atoms with Crippen molar-refractivity contribution in [3.05, 3.63) is 35.2 Å². The molecule has 1 aromatic rings. The van der Waals surface area contributed by atoms with Crippen LogP contribution < -0.4 is 10.6 Å². The number of hydrogen-bond donors (Lipinski definition) is 3. The van der Waals surface area contributed by atoms with Gasteiger partial charge in [0.2, 0.25) is 0 Å². The molecule has 1 aliphatic rings. The molecule has 1 atom stereocenters. The molecule has 0 fully saturated rings. The van der Waals surface area contributed by atoms with Crippen molar-refractivity contribution in [3.63, 3.8) is 0 Å². The molecule has 6 heteroatoms. The van der Waals surface area contributed by atoms with Gasteiger partial charge in [0.15, 0.2) is 11.5 Å². The van der Waals surface area contributed by atoms with Gasteiger partial charge >= 0.3 is 0 Å². The maximum absolute atomic E-state index is 12.1. The molecule has 1 amide bonds. The molecule has 0 bridgehead atoms. The van der Waals surface area contributed by atoms with Crippen LogP contribution in [0.25, 0.3) is 0 Å². The number of amides is 1. The zero-order valence-electron chi connectivity index (χ0n) is 14.8. The minimum Gasteiger partial charge on any atom is -0.505 e. The van der Waals surface area contributed by atoms with Crippen molar-refractivity contribution < 1.29 is 14.7 Å². The Morgan fingerprint density at radius 1 is 1.25 bits per heavy atom. The van der Waals surface area contributed by atoms with Gasteiger partial charge in [-0.25, -0.2) is 0 Å². The van der Waals surface area contributed by atoms with Gasteiger partial charge in [0, 0.05) is 25.8 Å². The first kappa shape index (κ1) is 17.8. The lowest BCUT2D eigenvalue weighted by Gasteiger charge is -2.29. The molecule has 0 aliphatic heterocycles. The SMILES string of the molecule is CC(C)C(C)NC1=C(Nc2cccc(C(=O)N(C)C)c2O)C(=O)C1. The quantitative estimate of drug-likeness (QED) is 0.697. The van der Waals surface area contributed by atoms with Gasteiger partial charge in [0.1, 0.15) is 5.70 Å². The molecule has 0 saturated heterocycles. The molecule has 3 N–H and O–H groups in total. The summed E-state index contributed by atoms with van der Waals surface area (Å²) in [7, 11) is 3.24. The van der Waals surface area contributed by atoms with Gasteiger partial charge < -0.3 is 20.6 Å². The Balaban J connectivity index is 2.26. The smallest absolute Gasteiger partial charge is 0.257 e. The molecular formula is C18H25N3O3. The third-order valence-corrected chi connectivity index (χ3v) is 4.25. The number of carbonyl (C=O) groups is 2. The van der Waals surface area contributed by atoms with E-state index in [9.17, 15) is 14.7 Å². The fourth-order valence-corrected chi connectivity index (χ4v) is 2.30. The number of para-hydroxylation sites is 1. The second-order valence-electron chi connectivity index (χ2n) is 6.66. The number of allylic oxidation sites excluding steroid dienone is 2. The topological polar surface area (TPSA) is 81.7 Å². The van der Waals surface area contributed by atoms with Gasteiger partial charge in [-0.1, -0.05) is 19.9 Å². The molecule has 6 nitrogen and oxygen atoms in total. The number of benzene rings is 1. The van der Waals surface area contributed by atoms with Gasteiger partial charge in [0.25, 0.3) is 5.91 Å². The molecule has 0 saturated carbocycles. The van der Waals surface area contributed by atoms with E-state index in [1.54, 1.807) is 32.3 Å². The minimum atomic E-state index is -0.295. The number of nitrogens with one attached hydrogen (secondary N) is 2. The number of rotatable bonds is 6. The second kappa shape index (κ2) is 6.95. The highest BCUT2D eigenvalue weighted by Gasteiger charge is 2.29. The van der Waals surface area contributed by atoms with E-state index in [-0.39, 0.29) is 29.0 Å². The normalized spacial score (nSPS) is 15.2. The monoisotopic (exact) mass is 331 g/mol. The van der Waals surface area contributed by atoms with Crippen molar-refractivity contribution in [1.29, 1.82) is 0 Å². The van der Waals surface area contributed by atoms with Crippen LogP contribution in [0.5, 0.6) is 5.75 Å². The molecule has 0 heterocycles. The minimum absolute atomic E-state index is 0.0165. The van der Waals surface area contributed by atoms with Crippen molar-refractivity contribution in [2.75, 3.05) is 19.4 Å². The summed E-state index contributed by atoms with van der Waals surface area (Å²) in [4.78, 5) is 25.4. The van der Waals surface area contributed by atoms with Crippen molar-refractivity contribution in [2.24, 2.45) is 5.92 Å². The summed E-state index contributed by atoms with van der Waals surface area (Å²) in [5.41, 5.74) is 1.84. The van der Waals surface area contributed by atoms with Gasteiger partial charge in [-0.2, -0.15) is 0 Å². The van der Waals surface area contributed by atoms with Crippen LogP contribution in [-0.4, -0.2) is 41.8 Å².